The maximum absolute atomic E-state index is 12.8. The predicted octanol–water partition coefficient (Wildman–Crippen LogP) is 2.97. The highest BCUT2D eigenvalue weighted by molar-refractivity contribution is 5.94. The van der Waals surface area contributed by atoms with Crippen LogP contribution in [0.15, 0.2) is 30.3 Å². The fourth-order valence-electron chi connectivity index (χ4n) is 5.20. The summed E-state index contributed by atoms with van der Waals surface area (Å²) in [6.45, 7) is 0. The smallest absolute Gasteiger partial charge is 0.244 e. The number of rotatable bonds is 2. The lowest BCUT2D eigenvalue weighted by Crippen LogP contribution is -2.53. The minimum atomic E-state index is 0.144. The van der Waals surface area contributed by atoms with Gasteiger partial charge in [-0.15, -0.1) is 0 Å². The van der Waals surface area contributed by atoms with Crippen LogP contribution in [0.25, 0.3) is 0 Å². The Morgan fingerprint density at radius 2 is 1.50 bits per heavy atom. The Labute approximate surface area is 120 Å². The normalized spacial score (nSPS) is 38.0. The fraction of sp³-hybridized carbons (Fsp3) is 0.588. The lowest BCUT2D eigenvalue weighted by atomic mass is 9.51. The van der Waals surface area contributed by atoms with Crippen molar-refractivity contribution in [2.75, 3.05) is 5.01 Å². The molecule has 3 nitrogen and oxygen atoms in total. The molecule has 2 N–H and O–H groups in total. The van der Waals surface area contributed by atoms with Crippen LogP contribution < -0.4 is 10.9 Å². The summed E-state index contributed by atoms with van der Waals surface area (Å²) in [6, 6.07) is 9.63. The first-order valence-corrected chi connectivity index (χ1v) is 7.86. The minimum absolute atomic E-state index is 0.144. The average Bonchev–Trinajstić information content (AvgIpc) is 2.46. The molecule has 4 aliphatic rings. The van der Waals surface area contributed by atoms with Gasteiger partial charge in [0.1, 0.15) is 0 Å². The van der Waals surface area contributed by atoms with Crippen molar-refractivity contribution >= 4 is 11.6 Å². The Morgan fingerprint density at radius 1 is 0.950 bits per heavy atom. The van der Waals surface area contributed by atoms with E-state index in [4.69, 9.17) is 5.84 Å². The van der Waals surface area contributed by atoms with E-state index in [1.165, 1.54) is 37.1 Å². The summed E-state index contributed by atoms with van der Waals surface area (Å²) in [5.41, 5.74) is 0.811. The molecule has 106 valence electrons. The first kappa shape index (κ1) is 12.4. The Kier molecular flexibility index (Phi) is 2.84. The summed E-state index contributed by atoms with van der Waals surface area (Å²) in [7, 11) is 0. The van der Waals surface area contributed by atoms with E-state index in [1.54, 1.807) is 0 Å². The van der Waals surface area contributed by atoms with Crippen LogP contribution in [0.3, 0.4) is 0 Å². The summed E-state index contributed by atoms with van der Waals surface area (Å²) >= 11 is 0. The minimum Gasteiger partial charge on any atom is -0.273 e. The number of hydrazine groups is 1. The van der Waals surface area contributed by atoms with Gasteiger partial charge < -0.3 is 0 Å². The highest BCUT2D eigenvalue weighted by Gasteiger charge is 2.51. The molecule has 4 saturated carbocycles. The molecular weight excluding hydrogens is 248 g/mol. The molecule has 0 aliphatic heterocycles. The van der Waals surface area contributed by atoms with Gasteiger partial charge >= 0.3 is 0 Å². The van der Waals surface area contributed by atoms with Crippen LogP contribution in [0.2, 0.25) is 0 Å². The molecule has 3 heteroatoms. The number of hydrogen-bond acceptors (Lipinski definition) is 2. The molecule has 0 aromatic heterocycles. The first-order valence-electron chi connectivity index (χ1n) is 7.86. The average molecular weight is 270 g/mol. The molecule has 0 heterocycles. The first-order chi connectivity index (χ1) is 9.72. The summed E-state index contributed by atoms with van der Waals surface area (Å²) < 4.78 is 0. The summed E-state index contributed by atoms with van der Waals surface area (Å²) in [5, 5.41) is 1.40. The zero-order valence-corrected chi connectivity index (χ0v) is 11.7. The third kappa shape index (κ3) is 1.87. The van der Waals surface area contributed by atoms with Crippen LogP contribution in [0.5, 0.6) is 0 Å². The maximum atomic E-state index is 12.8. The second kappa shape index (κ2) is 4.59. The van der Waals surface area contributed by atoms with Gasteiger partial charge in [-0.25, -0.2) is 10.9 Å². The van der Waals surface area contributed by atoms with Crippen LogP contribution in [0.4, 0.5) is 5.69 Å². The number of para-hydroxylation sites is 1. The summed E-state index contributed by atoms with van der Waals surface area (Å²) in [4.78, 5) is 12.8. The largest absolute Gasteiger partial charge is 0.273 e. The monoisotopic (exact) mass is 270 g/mol. The van der Waals surface area contributed by atoms with Crippen molar-refractivity contribution in [2.45, 2.75) is 32.1 Å². The predicted molar refractivity (Wildman–Crippen MR) is 78.7 cm³/mol. The second-order valence-corrected chi connectivity index (χ2v) is 7.00. The maximum Gasteiger partial charge on any atom is 0.244 e. The van der Waals surface area contributed by atoms with E-state index in [2.05, 4.69) is 0 Å². The topological polar surface area (TPSA) is 46.3 Å². The Hall–Kier alpha value is -1.35. The van der Waals surface area contributed by atoms with Crippen molar-refractivity contribution < 1.29 is 4.79 Å². The highest BCUT2D eigenvalue weighted by Crippen LogP contribution is 2.56. The molecule has 1 amide bonds. The van der Waals surface area contributed by atoms with Crippen molar-refractivity contribution in [1.82, 2.24) is 0 Å². The Morgan fingerprint density at radius 3 is 2.05 bits per heavy atom. The molecule has 0 unspecified atom stereocenters. The fourth-order valence-corrected chi connectivity index (χ4v) is 5.20. The van der Waals surface area contributed by atoms with Gasteiger partial charge in [-0.05, 0) is 67.9 Å². The number of hydrogen-bond donors (Lipinski definition) is 1. The Balaban J connectivity index is 1.57. The van der Waals surface area contributed by atoms with Crippen molar-refractivity contribution in [1.29, 1.82) is 0 Å². The third-order valence-electron chi connectivity index (χ3n) is 5.78. The second-order valence-electron chi connectivity index (χ2n) is 7.00. The van der Waals surface area contributed by atoms with E-state index in [0.29, 0.717) is 11.8 Å². The molecule has 4 fully saturated rings. The molecule has 1 aromatic carbocycles. The van der Waals surface area contributed by atoms with Crippen LogP contribution in [0, 0.1) is 29.6 Å². The van der Waals surface area contributed by atoms with Gasteiger partial charge in [0.05, 0.1) is 5.69 Å². The van der Waals surface area contributed by atoms with Crippen molar-refractivity contribution in [2.24, 2.45) is 35.4 Å². The van der Waals surface area contributed by atoms with Gasteiger partial charge in [-0.1, -0.05) is 18.2 Å². The van der Waals surface area contributed by atoms with Gasteiger partial charge in [0.15, 0.2) is 0 Å². The van der Waals surface area contributed by atoms with Gasteiger partial charge in [0.2, 0.25) is 5.91 Å². The molecule has 4 aliphatic carbocycles. The zero-order chi connectivity index (χ0) is 13.7. The van der Waals surface area contributed by atoms with Gasteiger partial charge in [0, 0.05) is 5.92 Å². The molecule has 20 heavy (non-hydrogen) atoms. The van der Waals surface area contributed by atoms with E-state index in [9.17, 15) is 4.79 Å². The zero-order valence-electron chi connectivity index (χ0n) is 11.7. The SMILES string of the molecule is NN(C(=O)C1C2CC3CC(C2)CC1C3)c1ccccc1. The van der Waals surface area contributed by atoms with Crippen molar-refractivity contribution in [3.05, 3.63) is 30.3 Å². The molecule has 0 spiro atoms. The third-order valence-corrected chi connectivity index (χ3v) is 5.78. The quantitative estimate of drug-likeness (QED) is 0.510. The highest BCUT2D eigenvalue weighted by atomic mass is 16.2. The van der Waals surface area contributed by atoms with Crippen LogP contribution in [0.1, 0.15) is 32.1 Å². The summed E-state index contributed by atoms with van der Waals surface area (Å²) in [6.07, 6.45) is 6.44. The molecule has 4 bridgehead atoms. The van der Waals surface area contributed by atoms with E-state index < -0.39 is 0 Å². The van der Waals surface area contributed by atoms with E-state index in [1.807, 2.05) is 30.3 Å². The number of nitrogens with zero attached hydrogens (tertiary/aromatic N) is 1. The van der Waals surface area contributed by atoms with Crippen molar-refractivity contribution in [3.8, 4) is 0 Å². The lowest BCUT2D eigenvalue weighted by Gasteiger charge is -2.54. The van der Waals surface area contributed by atoms with Crippen molar-refractivity contribution in [3.63, 3.8) is 0 Å². The van der Waals surface area contributed by atoms with Crippen LogP contribution >= 0.6 is 0 Å². The molecular formula is C17H22N2O. The molecule has 0 saturated heterocycles. The van der Waals surface area contributed by atoms with Gasteiger partial charge in [0.25, 0.3) is 0 Å². The van der Waals surface area contributed by atoms with Crippen LogP contribution in [-0.4, -0.2) is 5.91 Å². The van der Waals surface area contributed by atoms with E-state index in [-0.39, 0.29) is 11.8 Å². The lowest BCUT2D eigenvalue weighted by molar-refractivity contribution is -0.135. The van der Waals surface area contributed by atoms with E-state index >= 15 is 0 Å². The number of benzene rings is 1. The number of nitrogens with two attached hydrogens (primary N) is 1. The Bertz CT molecular complexity index is 485. The van der Waals surface area contributed by atoms with Gasteiger partial charge in [-0.3, -0.25) is 4.79 Å². The number of amides is 1. The van der Waals surface area contributed by atoms with Crippen LogP contribution in [-0.2, 0) is 4.79 Å². The summed E-state index contributed by atoms with van der Waals surface area (Å²) in [5.74, 6) is 9.39. The number of carbonyl (C=O) groups excluding carboxylic acids is 1. The molecule has 1 aromatic rings. The number of anilines is 1. The number of carbonyl (C=O) groups is 1. The van der Waals surface area contributed by atoms with E-state index in [0.717, 1.165) is 17.5 Å². The molecule has 5 rings (SSSR count). The standard InChI is InChI=1S/C17H22N2O/c18-19(15-4-2-1-3-5-15)17(20)16-13-7-11-6-12(9-13)10-14(16)8-11/h1-5,11-14,16H,6-10,18H2. The molecule has 0 radical (unpaired) electrons. The van der Waals surface area contributed by atoms with Gasteiger partial charge in [-0.2, -0.15) is 0 Å². The molecule has 0 atom stereocenters.